The number of morpholine rings is 1. The van der Waals surface area contributed by atoms with Crippen molar-refractivity contribution in [3.63, 3.8) is 0 Å². The number of ether oxygens (including phenoxy) is 1. The van der Waals surface area contributed by atoms with Crippen LogP contribution < -0.4 is 4.90 Å². The lowest BCUT2D eigenvalue weighted by Gasteiger charge is -2.27. The van der Waals surface area contributed by atoms with Crippen LogP contribution in [0.25, 0.3) is 11.1 Å². The van der Waals surface area contributed by atoms with E-state index in [-0.39, 0.29) is 0 Å². The largest absolute Gasteiger partial charge is 0.378 e. The van der Waals surface area contributed by atoms with E-state index >= 15 is 0 Å². The minimum atomic E-state index is 0.725. The van der Waals surface area contributed by atoms with Gasteiger partial charge in [0.1, 0.15) is 4.64 Å². The minimum absolute atomic E-state index is 0.725. The van der Waals surface area contributed by atoms with Crippen LogP contribution in [0.3, 0.4) is 0 Å². The van der Waals surface area contributed by atoms with Gasteiger partial charge in [-0.15, -0.1) is 0 Å². The van der Waals surface area contributed by atoms with Gasteiger partial charge in [-0.1, -0.05) is 42.5 Å². The Kier molecular flexibility index (Phi) is 3.57. The van der Waals surface area contributed by atoms with Gasteiger partial charge in [-0.2, -0.15) is 0 Å². The zero-order valence-corrected chi connectivity index (χ0v) is 11.3. The molecular weight excluding hydrogens is 258 g/mol. The Morgan fingerprint density at radius 3 is 2.58 bits per heavy atom. The molecule has 1 saturated heterocycles. The Hall–Kier alpha value is -1.72. The molecule has 3 rings (SSSR count). The molecule has 0 aliphatic carbocycles. The lowest BCUT2D eigenvalue weighted by Crippen LogP contribution is -2.37. The summed E-state index contributed by atoms with van der Waals surface area (Å²) in [5.41, 5.74) is 2.05. The van der Waals surface area contributed by atoms with Crippen LogP contribution in [0, 0.1) is 4.64 Å². The molecule has 0 saturated carbocycles. The van der Waals surface area contributed by atoms with Crippen LogP contribution >= 0.6 is 12.2 Å². The van der Waals surface area contributed by atoms with Gasteiger partial charge in [-0.3, -0.25) is 0 Å². The van der Waals surface area contributed by atoms with E-state index in [0.29, 0.717) is 0 Å². The summed E-state index contributed by atoms with van der Waals surface area (Å²) in [6.45, 7) is 3.18. The van der Waals surface area contributed by atoms with Gasteiger partial charge >= 0.3 is 0 Å². The minimum Gasteiger partial charge on any atom is -0.378 e. The first-order valence-corrected chi connectivity index (χ1v) is 6.73. The second-order valence-corrected chi connectivity index (χ2v) is 4.82. The molecule has 1 fully saturated rings. The van der Waals surface area contributed by atoms with Crippen LogP contribution in [0.15, 0.2) is 36.5 Å². The fourth-order valence-corrected chi connectivity index (χ4v) is 2.41. The van der Waals surface area contributed by atoms with Crippen LogP contribution in [0.1, 0.15) is 0 Å². The Morgan fingerprint density at radius 1 is 1.16 bits per heavy atom. The predicted octanol–water partition coefficient (Wildman–Crippen LogP) is 2.64. The molecule has 0 amide bonds. The lowest BCUT2D eigenvalue weighted by molar-refractivity contribution is 0.122. The van der Waals surface area contributed by atoms with E-state index in [1.54, 1.807) is 0 Å². The Labute approximate surface area is 117 Å². The van der Waals surface area contributed by atoms with E-state index in [1.807, 2.05) is 36.5 Å². The second-order valence-electron chi connectivity index (χ2n) is 4.42. The van der Waals surface area contributed by atoms with Crippen molar-refractivity contribution in [1.29, 1.82) is 0 Å². The molecule has 5 heteroatoms. The van der Waals surface area contributed by atoms with Crippen molar-refractivity contribution in [2.24, 2.45) is 0 Å². The lowest BCUT2D eigenvalue weighted by atomic mass is 10.1. The zero-order chi connectivity index (χ0) is 13.1. The number of H-pyrrole nitrogens is 1. The fraction of sp³-hybridized carbons (Fsp3) is 0.286. The van der Waals surface area contributed by atoms with E-state index in [1.165, 1.54) is 0 Å². The van der Waals surface area contributed by atoms with Crippen molar-refractivity contribution in [2.75, 3.05) is 31.2 Å². The predicted molar refractivity (Wildman–Crippen MR) is 77.9 cm³/mol. The normalized spacial score (nSPS) is 15.5. The van der Waals surface area contributed by atoms with Gasteiger partial charge in [0, 0.05) is 24.8 Å². The van der Waals surface area contributed by atoms with E-state index in [4.69, 9.17) is 17.0 Å². The number of aromatic amines is 1. The molecule has 0 unspecified atom stereocenters. The molecule has 2 aromatic rings. The first kappa shape index (κ1) is 12.3. The summed E-state index contributed by atoms with van der Waals surface area (Å²) in [6, 6.07) is 10.1. The van der Waals surface area contributed by atoms with Gasteiger partial charge in [0.25, 0.3) is 0 Å². The molecule has 19 heavy (non-hydrogen) atoms. The molecule has 98 valence electrons. The molecular formula is C14H15N3OS. The summed E-state index contributed by atoms with van der Waals surface area (Å²) in [5, 5.41) is 0. The number of nitrogens with one attached hydrogen (secondary N) is 1. The average molecular weight is 273 g/mol. The summed E-state index contributed by atoms with van der Waals surface area (Å²) in [5.74, 6) is 0.827. The maximum atomic E-state index is 5.44. The van der Waals surface area contributed by atoms with Crippen molar-refractivity contribution in [2.45, 2.75) is 0 Å². The summed E-state index contributed by atoms with van der Waals surface area (Å²) in [4.78, 5) is 9.87. The molecule has 2 heterocycles. The van der Waals surface area contributed by atoms with E-state index in [9.17, 15) is 0 Å². The third kappa shape index (κ3) is 2.67. The van der Waals surface area contributed by atoms with E-state index in [2.05, 4.69) is 14.9 Å². The van der Waals surface area contributed by atoms with E-state index < -0.39 is 0 Å². The topological polar surface area (TPSA) is 41.2 Å². The number of nitrogens with zero attached hydrogens (tertiary/aromatic N) is 2. The fourth-order valence-electron chi connectivity index (χ4n) is 2.14. The van der Waals surface area contributed by atoms with Gasteiger partial charge in [-0.05, 0) is 5.56 Å². The molecule has 1 aromatic carbocycles. The highest BCUT2D eigenvalue weighted by Crippen LogP contribution is 2.20. The number of anilines is 1. The number of benzene rings is 1. The van der Waals surface area contributed by atoms with Crippen molar-refractivity contribution in [3.05, 3.63) is 41.2 Å². The molecule has 1 aromatic heterocycles. The highest BCUT2D eigenvalue weighted by Gasteiger charge is 2.13. The Balaban J connectivity index is 1.92. The summed E-state index contributed by atoms with van der Waals surface area (Å²) >= 11 is 5.44. The number of rotatable bonds is 2. The van der Waals surface area contributed by atoms with Gasteiger partial charge in [0.05, 0.1) is 13.2 Å². The first-order chi connectivity index (χ1) is 9.34. The highest BCUT2D eigenvalue weighted by molar-refractivity contribution is 7.71. The monoisotopic (exact) mass is 273 g/mol. The first-order valence-electron chi connectivity index (χ1n) is 6.32. The van der Waals surface area contributed by atoms with Gasteiger partial charge in [0.2, 0.25) is 5.95 Å². The molecule has 0 spiro atoms. The highest BCUT2D eigenvalue weighted by atomic mass is 32.1. The second kappa shape index (κ2) is 5.50. The standard InChI is InChI=1S/C14H15N3OS/c19-13-12(11-4-2-1-3-5-11)10-15-14(16-13)17-6-8-18-9-7-17/h1-5,10H,6-9H2,(H,15,16,19). The van der Waals surface area contributed by atoms with E-state index in [0.717, 1.165) is 48.0 Å². The van der Waals surface area contributed by atoms with Gasteiger partial charge < -0.3 is 14.6 Å². The SMILES string of the molecule is S=c1[nH]c(N2CCOCC2)ncc1-c1ccccc1. The molecule has 1 aliphatic heterocycles. The quantitative estimate of drug-likeness (QED) is 0.854. The number of aromatic nitrogens is 2. The van der Waals surface area contributed by atoms with Crippen LogP contribution in [0.5, 0.6) is 0 Å². The van der Waals surface area contributed by atoms with Crippen LogP contribution in [-0.4, -0.2) is 36.3 Å². The zero-order valence-electron chi connectivity index (χ0n) is 10.5. The van der Waals surface area contributed by atoms with Crippen LogP contribution in [0.2, 0.25) is 0 Å². The third-order valence-corrected chi connectivity index (χ3v) is 3.50. The third-order valence-electron chi connectivity index (χ3n) is 3.18. The Bertz CT molecular complexity index is 606. The van der Waals surface area contributed by atoms with Crippen molar-refractivity contribution < 1.29 is 4.74 Å². The summed E-state index contributed by atoms with van der Waals surface area (Å²) in [6.07, 6.45) is 1.85. The van der Waals surface area contributed by atoms with Crippen molar-refractivity contribution >= 4 is 18.2 Å². The molecule has 0 radical (unpaired) electrons. The van der Waals surface area contributed by atoms with Gasteiger partial charge in [0.15, 0.2) is 0 Å². The van der Waals surface area contributed by atoms with Gasteiger partial charge in [-0.25, -0.2) is 4.98 Å². The molecule has 0 atom stereocenters. The molecule has 1 aliphatic rings. The van der Waals surface area contributed by atoms with Crippen LogP contribution in [-0.2, 0) is 4.74 Å². The number of hydrogen-bond acceptors (Lipinski definition) is 4. The van der Waals surface area contributed by atoms with Crippen LogP contribution in [0.4, 0.5) is 5.95 Å². The Morgan fingerprint density at radius 2 is 1.89 bits per heavy atom. The van der Waals surface area contributed by atoms with Crippen molar-refractivity contribution in [1.82, 2.24) is 9.97 Å². The average Bonchev–Trinajstić information content (AvgIpc) is 2.49. The molecule has 1 N–H and O–H groups in total. The smallest absolute Gasteiger partial charge is 0.203 e. The van der Waals surface area contributed by atoms with Crippen molar-refractivity contribution in [3.8, 4) is 11.1 Å². The molecule has 4 nitrogen and oxygen atoms in total. The number of hydrogen-bond donors (Lipinski definition) is 1. The summed E-state index contributed by atoms with van der Waals surface area (Å²) in [7, 11) is 0. The molecule has 0 bridgehead atoms. The summed E-state index contributed by atoms with van der Waals surface area (Å²) < 4.78 is 6.06. The maximum absolute atomic E-state index is 5.44. The maximum Gasteiger partial charge on any atom is 0.203 e.